The van der Waals surface area contributed by atoms with Crippen LogP contribution < -0.4 is 10.1 Å². The van der Waals surface area contributed by atoms with Crippen LogP contribution in [0.1, 0.15) is 15.9 Å². The molecule has 7 nitrogen and oxygen atoms in total. The summed E-state index contributed by atoms with van der Waals surface area (Å²) in [5.74, 6) is -0.854. The van der Waals surface area contributed by atoms with Crippen molar-refractivity contribution in [3.05, 3.63) is 46.8 Å². The van der Waals surface area contributed by atoms with E-state index in [1.165, 1.54) is 11.3 Å². The Hall–Kier alpha value is -3.18. The number of esters is 1. The lowest BCUT2D eigenvalue weighted by Crippen LogP contribution is -2.23. The third-order valence-electron chi connectivity index (χ3n) is 2.78. The molecule has 24 heavy (non-hydrogen) atoms. The Morgan fingerprint density at radius 2 is 1.96 bits per heavy atom. The third-order valence-corrected chi connectivity index (χ3v) is 3.61. The summed E-state index contributed by atoms with van der Waals surface area (Å²) in [5.41, 5.74) is 0.841. The van der Waals surface area contributed by atoms with Crippen molar-refractivity contribution in [3.63, 3.8) is 0 Å². The fourth-order valence-electron chi connectivity index (χ4n) is 1.63. The van der Waals surface area contributed by atoms with Crippen molar-refractivity contribution in [2.45, 2.75) is 0 Å². The first-order valence-electron chi connectivity index (χ1n) is 6.73. The second-order valence-electron chi connectivity index (χ2n) is 4.46. The topological polar surface area (TPSA) is 105 Å². The Bertz CT molecular complexity index is 777. The summed E-state index contributed by atoms with van der Waals surface area (Å²) in [6.45, 7) is -0.842. The molecule has 122 valence electrons. The fourth-order valence-corrected chi connectivity index (χ4v) is 2.38. The normalized spacial score (nSPS) is 9.62. The van der Waals surface area contributed by atoms with E-state index in [1.807, 2.05) is 6.07 Å². The number of carbonyl (C=O) groups excluding carboxylic acids is 3. The van der Waals surface area contributed by atoms with Gasteiger partial charge in [-0.2, -0.15) is 5.26 Å². The number of thiophene rings is 1. The van der Waals surface area contributed by atoms with Crippen molar-refractivity contribution in [2.75, 3.05) is 18.5 Å². The molecule has 1 amide bonds. The smallest absolute Gasteiger partial charge is 0.344 e. The molecule has 0 saturated heterocycles. The van der Waals surface area contributed by atoms with Crippen LogP contribution in [0.4, 0.5) is 5.00 Å². The van der Waals surface area contributed by atoms with Crippen molar-refractivity contribution in [1.82, 2.24) is 0 Å². The van der Waals surface area contributed by atoms with Crippen LogP contribution >= 0.6 is 11.3 Å². The molecule has 1 N–H and O–H groups in total. The Morgan fingerprint density at radius 1 is 1.21 bits per heavy atom. The van der Waals surface area contributed by atoms with E-state index in [0.29, 0.717) is 28.2 Å². The molecular formula is C16H12N2O5S. The lowest BCUT2D eigenvalue weighted by Gasteiger charge is -2.07. The minimum atomic E-state index is -0.712. The summed E-state index contributed by atoms with van der Waals surface area (Å²) < 4.78 is 9.96. The van der Waals surface area contributed by atoms with Gasteiger partial charge in [0.25, 0.3) is 5.91 Å². The third kappa shape index (κ3) is 4.93. The average Bonchev–Trinajstić information content (AvgIpc) is 3.05. The second kappa shape index (κ2) is 8.45. The highest BCUT2D eigenvalue weighted by atomic mass is 32.1. The number of aldehydes is 1. The van der Waals surface area contributed by atoms with Gasteiger partial charge in [0, 0.05) is 5.56 Å². The van der Waals surface area contributed by atoms with Gasteiger partial charge in [0.1, 0.15) is 23.1 Å². The van der Waals surface area contributed by atoms with E-state index < -0.39 is 18.5 Å². The van der Waals surface area contributed by atoms with E-state index in [0.717, 1.165) is 0 Å². The van der Waals surface area contributed by atoms with Crippen LogP contribution in [0.25, 0.3) is 0 Å². The maximum atomic E-state index is 11.7. The van der Waals surface area contributed by atoms with Gasteiger partial charge >= 0.3 is 5.97 Å². The highest BCUT2D eigenvalue weighted by Crippen LogP contribution is 2.21. The van der Waals surface area contributed by atoms with Gasteiger partial charge in [0.15, 0.2) is 13.2 Å². The highest BCUT2D eigenvalue weighted by molar-refractivity contribution is 7.14. The van der Waals surface area contributed by atoms with Gasteiger partial charge in [-0.05, 0) is 35.7 Å². The number of amides is 1. The van der Waals surface area contributed by atoms with Crippen LogP contribution in [0.5, 0.6) is 5.75 Å². The van der Waals surface area contributed by atoms with E-state index in [4.69, 9.17) is 14.7 Å². The first-order valence-corrected chi connectivity index (χ1v) is 7.61. The van der Waals surface area contributed by atoms with Gasteiger partial charge < -0.3 is 14.8 Å². The van der Waals surface area contributed by atoms with E-state index in [9.17, 15) is 14.4 Å². The molecule has 0 saturated carbocycles. The molecule has 0 atom stereocenters. The zero-order valence-corrected chi connectivity index (χ0v) is 13.2. The number of carbonyl (C=O) groups is 3. The molecule has 1 aromatic heterocycles. The van der Waals surface area contributed by atoms with Crippen LogP contribution in [0, 0.1) is 11.3 Å². The molecule has 0 aliphatic rings. The van der Waals surface area contributed by atoms with Crippen molar-refractivity contribution < 1.29 is 23.9 Å². The molecule has 0 radical (unpaired) electrons. The molecule has 0 unspecified atom stereocenters. The van der Waals surface area contributed by atoms with Gasteiger partial charge in [-0.25, -0.2) is 4.79 Å². The SMILES string of the molecule is N#Cc1ccsc1NC(=O)COC(=O)COc1ccc(C=O)cc1. The lowest BCUT2D eigenvalue weighted by molar-refractivity contribution is -0.149. The summed E-state index contributed by atoms with van der Waals surface area (Å²) in [6, 6.07) is 9.71. The van der Waals surface area contributed by atoms with Crippen LogP contribution in [0.15, 0.2) is 35.7 Å². The quantitative estimate of drug-likeness (QED) is 0.608. The number of nitriles is 1. The molecule has 1 aromatic carbocycles. The maximum Gasteiger partial charge on any atom is 0.344 e. The van der Waals surface area contributed by atoms with Gasteiger partial charge in [0.05, 0.1) is 5.56 Å². The molecule has 0 fully saturated rings. The standard InChI is InChI=1S/C16H12N2O5S/c17-7-12-5-6-24-16(12)18-14(20)9-23-15(21)10-22-13-3-1-11(8-19)2-4-13/h1-6,8H,9-10H2,(H,18,20). The number of rotatable bonds is 7. The van der Waals surface area contributed by atoms with Gasteiger partial charge in [-0.3, -0.25) is 9.59 Å². The van der Waals surface area contributed by atoms with Crippen LogP contribution in [0.3, 0.4) is 0 Å². The summed E-state index contributed by atoms with van der Waals surface area (Å²) in [6.07, 6.45) is 0.696. The Balaban J connectivity index is 1.73. The zero-order chi connectivity index (χ0) is 17.4. The Kier molecular flexibility index (Phi) is 6.05. The van der Waals surface area contributed by atoms with Crippen LogP contribution in [-0.4, -0.2) is 31.4 Å². The monoisotopic (exact) mass is 344 g/mol. The van der Waals surface area contributed by atoms with Crippen LogP contribution in [0.2, 0.25) is 0 Å². The van der Waals surface area contributed by atoms with Gasteiger partial charge in [-0.15, -0.1) is 11.3 Å². The number of hydrogen-bond acceptors (Lipinski definition) is 7. The summed E-state index contributed by atoms with van der Waals surface area (Å²) in [5, 5.41) is 13.4. The number of benzene rings is 1. The van der Waals surface area contributed by atoms with Crippen molar-refractivity contribution in [1.29, 1.82) is 5.26 Å². The number of anilines is 1. The minimum absolute atomic E-state index is 0.349. The molecule has 0 bridgehead atoms. The first-order chi connectivity index (χ1) is 11.6. The van der Waals surface area contributed by atoms with E-state index in [2.05, 4.69) is 5.32 Å². The minimum Gasteiger partial charge on any atom is -0.482 e. The number of nitrogens with zero attached hydrogens (tertiary/aromatic N) is 1. The van der Waals surface area contributed by atoms with E-state index in [-0.39, 0.29) is 6.61 Å². The zero-order valence-electron chi connectivity index (χ0n) is 12.4. The van der Waals surface area contributed by atoms with Crippen LogP contribution in [-0.2, 0) is 14.3 Å². The van der Waals surface area contributed by atoms with Gasteiger partial charge in [-0.1, -0.05) is 0 Å². The molecule has 2 aromatic rings. The lowest BCUT2D eigenvalue weighted by atomic mass is 10.2. The molecular weight excluding hydrogens is 332 g/mol. The first kappa shape index (κ1) is 17.2. The van der Waals surface area contributed by atoms with Crippen molar-refractivity contribution in [2.24, 2.45) is 0 Å². The molecule has 1 heterocycles. The predicted octanol–water partition coefficient (Wildman–Crippen LogP) is 1.99. The summed E-state index contributed by atoms with van der Waals surface area (Å²) >= 11 is 1.20. The average molecular weight is 344 g/mol. The van der Waals surface area contributed by atoms with Crippen molar-refractivity contribution >= 4 is 34.5 Å². The summed E-state index contributed by atoms with van der Waals surface area (Å²) in [7, 11) is 0. The van der Waals surface area contributed by atoms with E-state index >= 15 is 0 Å². The number of nitrogens with one attached hydrogen (secondary N) is 1. The fraction of sp³-hybridized carbons (Fsp3) is 0.125. The van der Waals surface area contributed by atoms with Crippen molar-refractivity contribution in [3.8, 4) is 11.8 Å². The Morgan fingerprint density at radius 3 is 2.62 bits per heavy atom. The Labute approximate surface area is 141 Å². The number of hydrogen-bond donors (Lipinski definition) is 1. The maximum absolute atomic E-state index is 11.7. The molecule has 2 rings (SSSR count). The molecule has 0 aliphatic heterocycles. The van der Waals surface area contributed by atoms with Gasteiger partial charge in [0.2, 0.25) is 0 Å². The molecule has 8 heteroatoms. The molecule has 0 spiro atoms. The highest BCUT2D eigenvalue weighted by Gasteiger charge is 2.11. The molecule has 0 aliphatic carbocycles. The predicted molar refractivity (Wildman–Crippen MR) is 85.9 cm³/mol. The largest absolute Gasteiger partial charge is 0.482 e. The second-order valence-corrected chi connectivity index (χ2v) is 5.38. The van der Waals surface area contributed by atoms with E-state index in [1.54, 1.807) is 35.7 Å². The number of ether oxygens (including phenoxy) is 2. The summed E-state index contributed by atoms with van der Waals surface area (Å²) in [4.78, 5) is 33.7.